The molecule has 108 valence electrons. The van der Waals surface area contributed by atoms with Gasteiger partial charge in [0.05, 0.1) is 19.3 Å². The highest BCUT2D eigenvalue weighted by Gasteiger charge is 2.23. The highest BCUT2D eigenvalue weighted by atomic mass is 16.5. The minimum atomic E-state index is -0.482. The molecule has 2 amide bonds. The molecule has 1 heterocycles. The molecule has 0 spiro atoms. The molecule has 20 heavy (non-hydrogen) atoms. The summed E-state index contributed by atoms with van der Waals surface area (Å²) in [5, 5.41) is 2.83. The van der Waals surface area contributed by atoms with Gasteiger partial charge in [-0.05, 0) is 31.2 Å². The number of carbonyl (C=O) groups is 2. The fourth-order valence-electron chi connectivity index (χ4n) is 2.10. The third-order valence-corrected chi connectivity index (χ3v) is 3.41. The van der Waals surface area contributed by atoms with Crippen LogP contribution in [0.2, 0.25) is 0 Å². The summed E-state index contributed by atoms with van der Waals surface area (Å²) >= 11 is 0. The zero-order valence-corrected chi connectivity index (χ0v) is 11.5. The second-order valence-electron chi connectivity index (χ2n) is 4.76. The fraction of sp³-hybridized carbons (Fsp3) is 0.429. The number of nitrogens with one attached hydrogen (secondary N) is 1. The van der Waals surface area contributed by atoms with Crippen LogP contribution in [0.25, 0.3) is 0 Å². The van der Waals surface area contributed by atoms with E-state index in [1.807, 2.05) is 6.92 Å². The number of rotatable bonds is 4. The lowest BCUT2D eigenvalue weighted by Crippen LogP contribution is -2.47. The summed E-state index contributed by atoms with van der Waals surface area (Å²) in [6, 6.07) is 6.32. The Hall–Kier alpha value is -1.92. The average molecular weight is 277 g/mol. The molecule has 1 atom stereocenters. The Kier molecular flexibility index (Phi) is 4.70. The topological polar surface area (TPSA) is 84.7 Å². The molecule has 0 bridgehead atoms. The highest BCUT2D eigenvalue weighted by molar-refractivity contribution is 5.96. The van der Waals surface area contributed by atoms with Crippen molar-refractivity contribution in [1.29, 1.82) is 0 Å². The van der Waals surface area contributed by atoms with E-state index in [2.05, 4.69) is 10.2 Å². The minimum absolute atomic E-state index is 0.0706. The van der Waals surface area contributed by atoms with Gasteiger partial charge in [0.1, 0.15) is 0 Å². The summed E-state index contributed by atoms with van der Waals surface area (Å²) in [6.45, 7) is 4.71. The van der Waals surface area contributed by atoms with Crippen molar-refractivity contribution < 1.29 is 14.3 Å². The van der Waals surface area contributed by atoms with Crippen LogP contribution in [0.15, 0.2) is 24.3 Å². The van der Waals surface area contributed by atoms with Crippen LogP contribution in [-0.2, 0) is 9.53 Å². The van der Waals surface area contributed by atoms with Crippen LogP contribution in [0.5, 0.6) is 0 Å². The third kappa shape index (κ3) is 3.55. The second kappa shape index (κ2) is 6.49. The van der Waals surface area contributed by atoms with Gasteiger partial charge in [-0.3, -0.25) is 14.5 Å². The molecule has 0 saturated carbocycles. The summed E-state index contributed by atoms with van der Waals surface area (Å²) in [5.41, 5.74) is 6.24. The van der Waals surface area contributed by atoms with Crippen LogP contribution in [0.4, 0.5) is 5.69 Å². The Balaban J connectivity index is 1.94. The van der Waals surface area contributed by atoms with E-state index >= 15 is 0 Å². The summed E-state index contributed by atoms with van der Waals surface area (Å²) in [6.07, 6.45) is 0. The van der Waals surface area contributed by atoms with Gasteiger partial charge >= 0.3 is 0 Å². The summed E-state index contributed by atoms with van der Waals surface area (Å²) in [4.78, 5) is 25.2. The van der Waals surface area contributed by atoms with Crippen molar-refractivity contribution in [1.82, 2.24) is 4.90 Å². The normalized spacial score (nSPS) is 17.4. The van der Waals surface area contributed by atoms with Gasteiger partial charge in [-0.2, -0.15) is 0 Å². The van der Waals surface area contributed by atoms with E-state index in [1.54, 1.807) is 24.3 Å². The number of ether oxygens (including phenoxy) is 1. The average Bonchev–Trinajstić information content (AvgIpc) is 2.48. The molecular formula is C14H19N3O3. The Morgan fingerprint density at radius 2 is 1.85 bits per heavy atom. The van der Waals surface area contributed by atoms with Gasteiger partial charge < -0.3 is 15.8 Å². The molecule has 3 N–H and O–H groups in total. The summed E-state index contributed by atoms with van der Waals surface area (Å²) < 4.78 is 5.27. The molecule has 1 fully saturated rings. The third-order valence-electron chi connectivity index (χ3n) is 3.41. The number of anilines is 1. The molecule has 1 aliphatic rings. The molecule has 0 radical (unpaired) electrons. The lowest BCUT2D eigenvalue weighted by atomic mass is 10.2. The van der Waals surface area contributed by atoms with Crippen LogP contribution in [-0.4, -0.2) is 49.1 Å². The number of primary amides is 1. The number of morpholine rings is 1. The monoisotopic (exact) mass is 277 g/mol. The lowest BCUT2D eigenvalue weighted by Gasteiger charge is -2.31. The van der Waals surface area contributed by atoms with Crippen molar-refractivity contribution in [3.8, 4) is 0 Å². The largest absolute Gasteiger partial charge is 0.379 e. The molecule has 1 aromatic rings. The molecule has 2 rings (SSSR count). The first-order valence-electron chi connectivity index (χ1n) is 6.60. The molecular weight excluding hydrogens is 258 g/mol. The molecule has 1 saturated heterocycles. The number of nitrogens with two attached hydrogens (primary N) is 1. The van der Waals surface area contributed by atoms with Crippen molar-refractivity contribution in [2.75, 3.05) is 31.6 Å². The zero-order chi connectivity index (χ0) is 14.5. The van der Waals surface area contributed by atoms with E-state index in [-0.39, 0.29) is 11.9 Å². The number of benzene rings is 1. The number of carbonyl (C=O) groups excluding carboxylic acids is 2. The van der Waals surface area contributed by atoms with Crippen molar-refractivity contribution in [3.05, 3.63) is 29.8 Å². The molecule has 1 aliphatic heterocycles. The smallest absolute Gasteiger partial charge is 0.248 e. The van der Waals surface area contributed by atoms with Gasteiger partial charge in [-0.25, -0.2) is 0 Å². The summed E-state index contributed by atoms with van der Waals surface area (Å²) in [7, 11) is 0. The van der Waals surface area contributed by atoms with Crippen LogP contribution in [0.3, 0.4) is 0 Å². The minimum Gasteiger partial charge on any atom is -0.379 e. The second-order valence-corrected chi connectivity index (χ2v) is 4.76. The van der Waals surface area contributed by atoms with Crippen LogP contribution in [0, 0.1) is 0 Å². The number of nitrogens with zero attached hydrogens (tertiary/aromatic N) is 1. The van der Waals surface area contributed by atoms with E-state index < -0.39 is 5.91 Å². The molecule has 6 nitrogen and oxygen atoms in total. The standard InChI is InChI=1S/C14H19N3O3/c1-10(17-6-8-20-9-7-17)14(19)16-12-4-2-11(3-5-12)13(15)18/h2-5,10H,6-9H2,1H3,(H2,15,18)(H,16,19)/t10-/m0/s1. The van der Waals surface area contributed by atoms with Crippen molar-refractivity contribution >= 4 is 17.5 Å². The van der Waals surface area contributed by atoms with Crippen LogP contribution >= 0.6 is 0 Å². The van der Waals surface area contributed by atoms with Crippen molar-refractivity contribution in [2.24, 2.45) is 5.73 Å². The van der Waals surface area contributed by atoms with E-state index in [0.29, 0.717) is 24.5 Å². The maximum Gasteiger partial charge on any atom is 0.248 e. The lowest BCUT2D eigenvalue weighted by molar-refractivity contribution is -0.122. The molecule has 6 heteroatoms. The fourth-order valence-corrected chi connectivity index (χ4v) is 2.10. The predicted molar refractivity (Wildman–Crippen MR) is 75.4 cm³/mol. The van der Waals surface area contributed by atoms with E-state index in [9.17, 15) is 9.59 Å². The molecule has 0 unspecified atom stereocenters. The first kappa shape index (κ1) is 14.5. The Morgan fingerprint density at radius 1 is 1.25 bits per heavy atom. The predicted octanol–water partition coefficient (Wildman–Crippen LogP) is 0.445. The van der Waals surface area contributed by atoms with Gasteiger partial charge in [0, 0.05) is 24.3 Å². The quantitative estimate of drug-likeness (QED) is 0.836. The Labute approximate surface area is 117 Å². The Bertz CT molecular complexity index is 481. The van der Waals surface area contributed by atoms with Crippen LogP contribution < -0.4 is 11.1 Å². The number of amides is 2. The van der Waals surface area contributed by atoms with E-state index in [4.69, 9.17) is 10.5 Å². The van der Waals surface area contributed by atoms with Gasteiger partial charge in [0.15, 0.2) is 0 Å². The molecule has 0 aliphatic carbocycles. The van der Waals surface area contributed by atoms with Crippen molar-refractivity contribution in [2.45, 2.75) is 13.0 Å². The summed E-state index contributed by atoms with van der Waals surface area (Å²) in [5.74, 6) is -0.553. The van der Waals surface area contributed by atoms with Gasteiger partial charge in [-0.1, -0.05) is 0 Å². The van der Waals surface area contributed by atoms with E-state index in [1.165, 1.54) is 0 Å². The molecule has 0 aromatic heterocycles. The van der Waals surface area contributed by atoms with Crippen molar-refractivity contribution in [3.63, 3.8) is 0 Å². The number of hydrogen-bond donors (Lipinski definition) is 2. The number of hydrogen-bond acceptors (Lipinski definition) is 4. The van der Waals surface area contributed by atoms with E-state index in [0.717, 1.165) is 13.1 Å². The first-order valence-corrected chi connectivity index (χ1v) is 6.60. The highest BCUT2D eigenvalue weighted by Crippen LogP contribution is 2.11. The Morgan fingerprint density at radius 3 is 2.40 bits per heavy atom. The van der Waals surface area contributed by atoms with Gasteiger partial charge in [0.2, 0.25) is 11.8 Å². The first-order chi connectivity index (χ1) is 9.58. The zero-order valence-electron chi connectivity index (χ0n) is 11.5. The van der Waals surface area contributed by atoms with Crippen LogP contribution in [0.1, 0.15) is 17.3 Å². The van der Waals surface area contributed by atoms with Gasteiger partial charge in [0.25, 0.3) is 0 Å². The molecule has 1 aromatic carbocycles. The maximum absolute atomic E-state index is 12.1. The van der Waals surface area contributed by atoms with Gasteiger partial charge in [-0.15, -0.1) is 0 Å². The maximum atomic E-state index is 12.1. The SMILES string of the molecule is C[C@@H](C(=O)Nc1ccc(C(N)=O)cc1)N1CCOCC1.